The number of rotatable bonds is 3. The number of hydrogen-bond acceptors (Lipinski definition) is 6. The third-order valence-corrected chi connectivity index (χ3v) is 4.25. The highest BCUT2D eigenvalue weighted by molar-refractivity contribution is 6.32. The van der Waals surface area contributed by atoms with Crippen LogP contribution in [0.4, 0.5) is 0 Å². The minimum Gasteiger partial charge on any atom is -0.485 e. The SMILES string of the molecule is O=C(NNC(=O)C1COc2ccccc2O1)c1cn(-c2ccccc2Cl)nn1. The minimum atomic E-state index is -0.894. The molecular formula is C18H14ClN5O4. The number of fused-ring (bicyclic) bond motifs is 1. The zero-order chi connectivity index (χ0) is 19.5. The molecule has 1 atom stereocenters. The molecule has 0 bridgehead atoms. The van der Waals surface area contributed by atoms with E-state index in [0.29, 0.717) is 22.2 Å². The number of nitrogens with zero attached hydrogens (tertiary/aromatic N) is 3. The molecule has 2 aromatic carbocycles. The fourth-order valence-electron chi connectivity index (χ4n) is 2.53. The Balaban J connectivity index is 1.36. The predicted molar refractivity (Wildman–Crippen MR) is 98.3 cm³/mol. The van der Waals surface area contributed by atoms with Gasteiger partial charge in [0.2, 0.25) is 6.10 Å². The molecule has 0 aliphatic carbocycles. The van der Waals surface area contributed by atoms with Gasteiger partial charge in [0, 0.05) is 0 Å². The molecule has 28 heavy (non-hydrogen) atoms. The molecule has 2 amide bonds. The van der Waals surface area contributed by atoms with Gasteiger partial charge in [-0.25, -0.2) is 4.68 Å². The molecule has 0 radical (unpaired) electrons. The molecule has 1 unspecified atom stereocenters. The Bertz CT molecular complexity index is 1040. The van der Waals surface area contributed by atoms with Gasteiger partial charge in [-0.05, 0) is 24.3 Å². The highest BCUT2D eigenvalue weighted by atomic mass is 35.5. The van der Waals surface area contributed by atoms with Crippen LogP contribution in [-0.2, 0) is 4.79 Å². The molecule has 0 saturated heterocycles. The lowest BCUT2D eigenvalue weighted by Crippen LogP contribution is -2.50. The first-order chi connectivity index (χ1) is 13.6. The summed E-state index contributed by atoms with van der Waals surface area (Å²) in [5.41, 5.74) is 5.15. The molecule has 4 rings (SSSR count). The number of hydrazine groups is 1. The van der Waals surface area contributed by atoms with Crippen LogP contribution in [-0.4, -0.2) is 39.5 Å². The summed E-state index contributed by atoms with van der Waals surface area (Å²) in [5, 5.41) is 8.12. The molecule has 1 aliphatic heterocycles. The fourth-order valence-corrected chi connectivity index (χ4v) is 2.76. The maximum atomic E-state index is 12.2. The lowest BCUT2D eigenvalue weighted by molar-refractivity contribution is -0.131. The molecule has 1 aliphatic rings. The van der Waals surface area contributed by atoms with Crippen LogP contribution in [0.15, 0.2) is 54.7 Å². The van der Waals surface area contributed by atoms with Crippen LogP contribution in [0.1, 0.15) is 10.5 Å². The Hall–Kier alpha value is -3.59. The van der Waals surface area contributed by atoms with Crippen LogP contribution in [0.25, 0.3) is 5.69 Å². The summed E-state index contributed by atoms with van der Waals surface area (Å²) in [6, 6.07) is 14.0. The van der Waals surface area contributed by atoms with E-state index < -0.39 is 17.9 Å². The standard InChI is InChI=1S/C18H14ClN5O4/c19-11-5-1-2-6-13(11)24-9-12(20-23-24)17(25)21-22-18(26)16-10-27-14-7-3-4-8-15(14)28-16/h1-9,16H,10H2,(H,21,25)(H,22,26). The van der Waals surface area contributed by atoms with E-state index >= 15 is 0 Å². The van der Waals surface area contributed by atoms with Crippen molar-refractivity contribution in [2.24, 2.45) is 0 Å². The average molecular weight is 400 g/mol. The summed E-state index contributed by atoms with van der Waals surface area (Å²) < 4.78 is 12.4. The molecule has 0 fully saturated rings. The van der Waals surface area contributed by atoms with E-state index in [9.17, 15) is 9.59 Å². The Labute approximate surface area is 164 Å². The number of carbonyl (C=O) groups is 2. The van der Waals surface area contributed by atoms with Crippen LogP contribution in [0.3, 0.4) is 0 Å². The van der Waals surface area contributed by atoms with Crippen molar-refractivity contribution in [2.75, 3.05) is 6.61 Å². The van der Waals surface area contributed by atoms with E-state index in [1.165, 1.54) is 10.9 Å². The second kappa shape index (κ2) is 7.57. The fraction of sp³-hybridized carbons (Fsp3) is 0.111. The summed E-state index contributed by atoms with van der Waals surface area (Å²) in [5.74, 6) is -0.167. The molecule has 0 saturated carbocycles. The van der Waals surface area contributed by atoms with Gasteiger partial charge in [-0.1, -0.05) is 41.1 Å². The molecule has 3 aromatic rings. The quantitative estimate of drug-likeness (QED) is 0.647. The van der Waals surface area contributed by atoms with E-state index in [4.69, 9.17) is 21.1 Å². The molecule has 2 N–H and O–H groups in total. The van der Waals surface area contributed by atoms with Gasteiger partial charge >= 0.3 is 0 Å². The molecule has 142 valence electrons. The summed E-state index contributed by atoms with van der Waals surface area (Å²) in [6.07, 6.45) is 0.508. The number of ether oxygens (including phenoxy) is 2. The van der Waals surface area contributed by atoms with Crippen LogP contribution < -0.4 is 20.3 Å². The smallest absolute Gasteiger partial charge is 0.291 e. The number of para-hydroxylation sites is 3. The van der Waals surface area contributed by atoms with E-state index in [1.54, 1.807) is 48.5 Å². The number of nitrogens with one attached hydrogen (secondary N) is 2. The molecule has 2 heterocycles. The Morgan fingerprint density at radius 1 is 1.07 bits per heavy atom. The van der Waals surface area contributed by atoms with E-state index in [1.807, 2.05) is 0 Å². The monoisotopic (exact) mass is 399 g/mol. The third kappa shape index (κ3) is 3.60. The van der Waals surface area contributed by atoms with Crippen molar-refractivity contribution in [1.29, 1.82) is 0 Å². The van der Waals surface area contributed by atoms with Crippen molar-refractivity contribution in [3.8, 4) is 17.2 Å². The number of amides is 2. The third-order valence-electron chi connectivity index (χ3n) is 3.93. The normalized spacial score (nSPS) is 15.0. The van der Waals surface area contributed by atoms with Gasteiger partial charge in [0.1, 0.15) is 6.61 Å². The van der Waals surface area contributed by atoms with Crippen LogP contribution in [0.2, 0.25) is 5.02 Å². The van der Waals surface area contributed by atoms with Crippen molar-refractivity contribution in [1.82, 2.24) is 25.8 Å². The Morgan fingerprint density at radius 2 is 1.82 bits per heavy atom. The van der Waals surface area contributed by atoms with Gasteiger partial charge in [-0.15, -0.1) is 5.10 Å². The molecule has 0 spiro atoms. The number of aromatic nitrogens is 3. The van der Waals surface area contributed by atoms with E-state index in [2.05, 4.69) is 21.2 Å². The maximum absolute atomic E-state index is 12.2. The summed E-state index contributed by atoms with van der Waals surface area (Å²) in [7, 11) is 0. The minimum absolute atomic E-state index is 0.00591. The lowest BCUT2D eigenvalue weighted by Gasteiger charge is -2.25. The van der Waals surface area contributed by atoms with Crippen molar-refractivity contribution < 1.29 is 19.1 Å². The molecule has 1 aromatic heterocycles. The zero-order valence-corrected chi connectivity index (χ0v) is 15.1. The first-order valence-corrected chi connectivity index (χ1v) is 8.65. The van der Waals surface area contributed by atoms with Crippen molar-refractivity contribution in [3.05, 3.63) is 65.4 Å². The lowest BCUT2D eigenvalue weighted by atomic mass is 10.2. The molecule has 10 heteroatoms. The summed E-state index contributed by atoms with van der Waals surface area (Å²) in [4.78, 5) is 24.4. The average Bonchev–Trinajstić information content (AvgIpc) is 3.22. The molecule has 9 nitrogen and oxygen atoms in total. The number of carbonyl (C=O) groups excluding carboxylic acids is 2. The van der Waals surface area contributed by atoms with E-state index in [-0.39, 0.29) is 12.3 Å². The van der Waals surface area contributed by atoms with Gasteiger partial charge in [0.05, 0.1) is 16.9 Å². The summed E-state index contributed by atoms with van der Waals surface area (Å²) in [6.45, 7) is 0.0292. The van der Waals surface area contributed by atoms with Crippen molar-refractivity contribution >= 4 is 23.4 Å². The second-order valence-corrected chi connectivity index (χ2v) is 6.21. The molecular weight excluding hydrogens is 386 g/mol. The topological polar surface area (TPSA) is 107 Å². The van der Waals surface area contributed by atoms with Gasteiger partial charge in [0.25, 0.3) is 11.8 Å². The number of halogens is 1. The van der Waals surface area contributed by atoms with Crippen molar-refractivity contribution in [2.45, 2.75) is 6.10 Å². The van der Waals surface area contributed by atoms with E-state index in [0.717, 1.165) is 0 Å². The van der Waals surface area contributed by atoms with Crippen LogP contribution in [0.5, 0.6) is 11.5 Å². The van der Waals surface area contributed by atoms with Gasteiger partial charge in [-0.3, -0.25) is 20.4 Å². The van der Waals surface area contributed by atoms with Gasteiger partial charge in [-0.2, -0.15) is 0 Å². The number of hydrogen-bond donors (Lipinski definition) is 2. The van der Waals surface area contributed by atoms with Crippen LogP contribution in [0, 0.1) is 0 Å². The highest BCUT2D eigenvalue weighted by Gasteiger charge is 2.27. The highest BCUT2D eigenvalue weighted by Crippen LogP contribution is 2.30. The van der Waals surface area contributed by atoms with Crippen molar-refractivity contribution in [3.63, 3.8) is 0 Å². The number of benzene rings is 2. The predicted octanol–water partition coefficient (Wildman–Crippen LogP) is 1.52. The van der Waals surface area contributed by atoms with Gasteiger partial charge in [0.15, 0.2) is 17.2 Å². The zero-order valence-electron chi connectivity index (χ0n) is 14.3. The Kier molecular flexibility index (Phi) is 4.81. The maximum Gasteiger partial charge on any atom is 0.291 e. The second-order valence-electron chi connectivity index (χ2n) is 5.81. The Morgan fingerprint density at radius 3 is 2.64 bits per heavy atom. The first-order valence-electron chi connectivity index (χ1n) is 8.28. The van der Waals surface area contributed by atoms with Crippen LogP contribution >= 0.6 is 11.6 Å². The largest absolute Gasteiger partial charge is 0.485 e. The van der Waals surface area contributed by atoms with Gasteiger partial charge < -0.3 is 9.47 Å². The first kappa shape index (κ1) is 17.8. The summed E-state index contributed by atoms with van der Waals surface area (Å²) >= 11 is 6.10.